The van der Waals surface area contributed by atoms with Crippen molar-refractivity contribution in [1.29, 1.82) is 0 Å². The molecular weight excluding hydrogens is 226 g/mol. The van der Waals surface area contributed by atoms with Gasteiger partial charge in [0, 0.05) is 19.1 Å². The zero-order valence-corrected chi connectivity index (χ0v) is 10.3. The maximum Gasteiger partial charge on any atom is 0.0820 e. The van der Waals surface area contributed by atoms with Gasteiger partial charge in [-0.25, -0.2) is 0 Å². The second-order valence-electron chi connectivity index (χ2n) is 4.36. The van der Waals surface area contributed by atoms with E-state index >= 15 is 0 Å². The van der Waals surface area contributed by atoms with Crippen molar-refractivity contribution in [3.8, 4) is 0 Å². The molecule has 16 heavy (non-hydrogen) atoms. The second-order valence-corrected chi connectivity index (χ2v) is 4.77. The lowest BCUT2D eigenvalue weighted by atomic mass is 10.0. The van der Waals surface area contributed by atoms with E-state index in [2.05, 4.69) is 5.10 Å². The maximum atomic E-state index is 6.19. The van der Waals surface area contributed by atoms with E-state index in [1.807, 2.05) is 4.68 Å². The molecule has 5 heteroatoms. The molecule has 0 amide bonds. The van der Waals surface area contributed by atoms with Crippen molar-refractivity contribution in [3.63, 3.8) is 0 Å². The van der Waals surface area contributed by atoms with E-state index < -0.39 is 0 Å². The van der Waals surface area contributed by atoms with Crippen molar-refractivity contribution in [2.24, 2.45) is 5.73 Å². The quantitative estimate of drug-likeness (QED) is 0.877. The third-order valence-electron chi connectivity index (χ3n) is 3.20. The van der Waals surface area contributed by atoms with Crippen LogP contribution in [0.15, 0.2) is 6.20 Å². The molecule has 4 nitrogen and oxygen atoms in total. The maximum absolute atomic E-state index is 6.19. The van der Waals surface area contributed by atoms with E-state index in [4.69, 9.17) is 22.1 Å². The van der Waals surface area contributed by atoms with E-state index in [1.165, 1.54) is 0 Å². The first-order valence-corrected chi connectivity index (χ1v) is 6.06. The molecule has 1 aromatic heterocycles. The molecule has 1 aromatic rings. The Labute approximate surface area is 101 Å². The number of nitrogens with two attached hydrogens (primary N) is 1. The van der Waals surface area contributed by atoms with Crippen LogP contribution in [0.1, 0.15) is 30.9 Å². The van der Waals surface area contributed by atoms with Gasteiger partial charge in [-0.15, -0.1) is 0 Å². The molecule has 2 atom stereocenters. The Bertz CT molecular complexity index is 353. The molecule has 1 saturated carbocycles. The van der Waals surface area contributed by atoms with Gasteiger partial charge in [0.2, 0.25) is 0 Å². The van der Waals surface area contributed by atoms with Gasteiger partial charge in [-0.3, -0.25) is 4.68 Å². The fourth-order valence-corrected chi connectivity index (χ4v) is 2.69. The van der Waals surface area contributed by atoms with Crippen molar-refractivity contribution >= 4 is 11.6 Å². The minimum atomic E-state index is 0.312. The number of hydrogen-bond donors (Lipinski definition) is 1. The van der Waals surface area contributed by atoms with Crippen LogP contribution in [0.25, 0.3) is 0 Å². The Morgan fingerprint density at radius 1 is 1.62 bits per heavy atom. The summed E-state index contributed by atoms with van der Waals surface area (Å²) < 4.78 is 7.02. The molecule has 0 spiro atoms. The molecule has 90 valence electrons. The second kappa shape index (κ2) is 5.17. The summed E-state index contributed by atoms with van der Waals surface area (Å²) in [5.74, 6) is 0.460. The summed E-state index contributed by atoms with van der Waals surface area (Å²) in [6, 6.07) is 0.312. The first-order valence-electron chi connectivity index (χ1n) is 5.68. The Kier molecular flexibility index (Phi) is 3.84. The van der Waals surface area contributed by atoms with Gasteiger partial charge in [0.1, 0.15) is 0 Å². The minimum Gasteiger partial charge on any atom is -0.383 e. The lowest BCUT2D eigenvalue weighted by Crippen LogP contribution is -2.16. The molecule has 1 aliphatic rings. The highest BCUT2D eigenvalue weighted by Crippen LogP contribution is 2.36. The van der Waals surface area contributed by atoms with E-state index in [9.17, 15) is 0 Å². The zero-order chi connectivity index (χ0) is 11.5. The Morgan fingerprint density at radius 2 is 2.44 bits per heavy atom. The molecule has 0 aliphatic heterocycles. The average Bonchev–Trinajstić information content (AvgIpc) is 2.82. The molecule has 2 unspecified atom stereocenters. The predicted octanol–water partition coefficient (Wildman–Crippen LogP) is 1.78. The van der Waals surface area contributed by atoms with Gasteiger partial charge < -0.3 is 10.5 Å². The number of rotatable bonds is 4. The molecule has 2 N–H and O–H groups in total. The highest BCUT2D eigenvalue weighted by molar-refractivity contribution is 6.31. The minimum absolute atomic E-state index is 0.312. The van der Waals surface area contributed by atoms with Crippen LogP contribution in [-0.4, -0.2) is 29.5 Å². The van der Waals surface area contributed by atoms with E-state index in [-0.39, 0.29) is 0 Å². The summed E-state index contributed by atoms with van der Waals surface area (Å²) in [5, 5.41) is 5.05. The summed E-state index contributed by atoms with van der Waals surface area (Å²) in [6.45, 7) is 1.41. The highest BCUT2D eigenvalue weighted by Gasteiger charge is 2.27. The molecule has 2 rings (SSSR count). The van der Waals surface area contributed by atoms with Crippen LogP contribution < -0.4 is 5.73 Å². The summed E-state index contributed by atoms with van der Waals surface area (Å²) in [5.41, 5.74) is 7.07. The molecule has 1 fully saturated rings. The number of hydrogen-bond acceptors (Lipinski definition) is 3. The number of aromatic nitrogens is 2. The lowest BCUT2D eigenvalue weighted by molar-refractivity contribution is 0.182. The van der Waals surface area contributed by atoms with Crippen LogP contribution in [0, 0.1) is 0 Å². The fraction of sp³-hybridized carbons (Fsp3) is 0.727. The van der Waals surface area contributed by atoms with Gasteiger partial charge >= 0.3 is 0 Å². The summed E-state index contributed by atoms with van der Waals surface area (Å²) in [7, 11) is 1.69. The van der Waals surface area contributed by atoms with Crippen LogP contribution in [0.5, 0.6) is 0 Å². The van der Waals surface area contributed by atoms with E-state index in [0.29, 0.717) is 18.6 Å². The smallest absolute Gasteiger partial charge is 0.0820 e. The predicted molar refractivity (Wildman–Crippen MR) is 63.7 cm³/mol. The van der Waals surface area contributed by atoms with Crippen LogP contribution in [0.2, 0.25) is 5.02 Å². The van der Waals surface area contributed by atoms with Gasteiger partial charge in [0.25, 0.3) is 0 Å². The standard InChI is InChI=1S/C11H18ClN3O/c1-16-5-4-15-11(10(12)7-14-15)8-2-3-9(13)6-8/h7-9H,2-6,13H2,1H3. The molecular formula is C11H18ClN3O. The van der Waals surface area contributed by atoms with Crippen LogP contribution in [0.3, 0.4) is 0 Å². The third kappa shape index (κ3) is 2.39. The normalized spacial score (nSPS) is 25.2. The number of nitrogens with zero attached hydrogens (tertiary/aromatic N) is 2. The summed E-state index contributed by atoms with van der Waals surface area (Å²) >= 11 is 6.19. The highest BCUT2D eigenvalue weighted by atomic mass is 35.5. The largest absolute Gasteiger partial charge is 0.383 e. The van der Waals surface area contributed by atoms with Crippen molar-refractivity contribution < 1.29 is 4.74 Å². The van der Waals surface area contributed by atoms with Gasteiger partial charge in [-0.1, -0.05) is 11.6 Å². The van der Waals surface area contributed by atoms with Crippen molar-refractivity contribution in [3.05, 3.63) is 16.9 Å². The molecule has 1 aliphatic carbocycles. The van der Waals surface area contributed by atoms with E-state index in [1.54, 1.807) is 13.3 Å². The van der Waals surface area contributed by atoms with Crippen molar-refractivity contribution in [1.82, 2.24) is 9.78 Å². The number of methoxy groups -OCH3 is 1. The van der Waals surface area contributed by atoms with Gasteiger partial charge in [0.15, 0.2) is 0 Å². The van der Waals surface area contributed by atoms with Crippen LogP contribution >= 0.6 is 11.6 Å². The molecule has 1 heterocycles. The Hall–Kier alpha value is -0.580. The van der Waals surface area contributed by atoms with Crippen LogP contribution in [0.4, 0.5) is 0 Å². The van der Waals surface area contributed by atoms with Crippen molar-refractivity contribution in [2.75, 3.05) is 13.7 Å². The SMILES string of the molecule is COCCn1ncc(Cl)c1C1CCC(N)C1. The Balaban J connectivity index is 2.14. The number of halogens is 1. The first kappa shape index (κ1) is 11.9. The van der Waals surface area contributed by atoms with Crippen LogP contribution in [-0.2, 0) is 11.3 Å². The molecule has 0 saturated heterocycles. The Morgan fingerprint density at radius 3 is 3.06 bits per heavy atom. The van der Waals surface area contributed by atoms with E-state index in [0.717, 1.165) is 36.5 Å². The summed E-state index contributed by atoms with van der Waals surface area (Å²) in [6.07, 6.45) is 4.92. The third-order valence-corrected chi connectivity index (χ3v) is 3.49. The van der Waals surface area contributed by atoms with Gasteiger partial charge in [-0.2, -0.15) is 5.10 Å². The topological polar surface area (TPSA) is 53.1 Å². The van der Waals surface area contributed by atoms with Gasteiger partial charge in [-0.05, 0) is 19.3 Å². The molecule has 0 aromatic carbocycles. The monoisotopic (exact) mass is 243 g/mol. The summed E-state index contributed by atoms with van der Waals surface area (Å²) in [4.78, 5) is 0. The lowest BCUT2D eigenvalue weighted by Gasteiger charge is -2.13. The zero-order valence-electron chi connectivity index (χ0n) is 9.53. The van der Waals surface area contributed by atoms with Gasteiger partial charge in [0.05, 0.1) is 30.1 Å². The first-order chi connectivity index (χ1) is 7.72. The average molecular weight is 244 g/mol. The fourth-order valence-electron chi connectivity index (χ4n) is 2.40. The molecule has 0 radical (unpaired) electrons. The van der Waals surface area contributed by atoms with Crippen molar-refractivity contribution in [2.45, 2.75) is 37.8 Å². The molecule has 0 bridgehead atoms. The number of ether oxygens (including phenoxy) is 1.